The third kappa shape index (κ3) is 19.7. The second-order valence-electron chi connectivity index (χ2n) is 7.92. The lowest BCUT2D eigenvalue weighted by Crippen LogP contribution is -2.37. The van der Waals surface area contributed by atoms with Crippen LogP contribution in [0.1, 0.15) is 123 Å². The average Bonchev–Trinajstić information content (AvgIpc) is 2.68. The van der Waals surface area contributed by atoms with Crippen molar-refractivity contribution in [1.29, 1.82) is 0 Å². The lowest BCUT2D eigenvalue weighted by Gasteiger charge is -2.15. The van der Waals surface area contributed by atoms with Crippen molar-refractivity contribution in [3.63, 3.8) is 0 Å². The number of hydrogen-bond donors (Lipinski definition) is 2. The Kier molecular flexibility index (Phi) is 20.8. The van der Waals surface area contributed by atoms with Gasteiger partial charge in [0.15, 0.2) is 0 Å². The van der Waals surface area contributed by atoms with Crippen LogP contribution in [-0.2, 0) is 4.79 Å². The van der Waals surface area contributed by atoms with Gasteiger partial charge in [-0.3, -0.25) is 4.79 Å². The van der Waals surface area contributed by atoms with E-state index >= 15 is 0 Å². The first-order chi connectivity index (χ1) is 13.2. The molecule has 0 aliphatic rings. The molecule has 0 saturated heterocycles. The van der Waals surface area contributed by atoms with E-state index in [4.69, 9.17) is 0 Å². The monoisotopic (exact) mass is 381 g/mol. The molecule has 0 radical (unpaired) electrons. The molecule has 0 aliphatic carbocycles. The average molecular weight is 382 g/mol. The number of aliphatic hydroxyl groups is 1. The maximum absolute atomic E-state index is 11.9. The highest BCUT2D eigenvalue weighted by atomic mass is 16.3. The molecule has 0 spiro atoms. The van der Waals surface area contributed by atoms with Crippen molar-refractivity contribution in [3.8, 4) is 0 Å². The topological polar surface area (TPSA) is 49.3 Å². The molecule has 0 heterocycles. The minimum absolute atomic E-state index is 0.0537. The summed E-state index contributed by atoms with van der Waals surface area (Å²) in [5.41, 5.74) is 0. The summed E-state index contributed by atoms with van der Waals surface area (Å²) < 4.78 is 0. The van der Waals surface area contributed by atoms with Gasteiger partial charge in [0.05, 0.1) is 12.6 Å². The molecule has 0 aromatic carbocycles. The summed E-state index contributed by atoms with van der Waals surface area (Å²) in [7, 11) is 0. The first-order valence-electron chi connectivity index (χ1n) is 11.8. The van der Waals surface area contributed by atoms with Crippen LogP contribution in [0.3, 0.4) is 0 Å². The van der Waals surface area contributed by atoms with Crippen LogP contribution in [0.2, 0.25) is 0 Å². The lowest BCUT2D eigenvalue weighted by atomic mass is 10.1. The summed E-state index contributed by atoms with van der Waals surface area (Å²) in [4.78, 5) is 11.9. The smallest absolute Gasteiger partial charge is 0.220 e. The van der Waals surface area contributed by atoms with Crippen molar-refractivity contribution in [3.05, 3.63) is 12.2 Å². The highest BCUT2D eigenvalue weighted by Crippen LogP contribution is 2.10. The van der Waals surface area contributed by atoms with E-state index in [0.29, 0.717) is 6.42 Å². The fraction of sp³-hybridized carbons (Fsp3) is 0.875. The van der Waals surface area contributed by atoms with Gasteiger partial charge in [0.2, 0.25) is 5.91 Å². The van der Waals surface area contributed by atoms with Crippen LogP contribution in [0.25, 0.3) is 0 Å². The van der Waals surface area contributed by atoms with Gasteiger partial charge in [-0.15, -0.1) is 0 Å². The lowest BCUT2D eigenvalue weighted by molar-refractivity contribution is -0.122. The Labute approximate surface area is 169 Å². The molecule has 0 rings (SSSR count). The molecular formula is C24H47NO2. The fourth-order valence-corrected chi connectivity index (χ4v) is 3.32. The van der Waals surface area contributed by atoms with Crippen LogP contribution in [-0.4, -0.2) is 23.7 Å². The molecule has 3 nitrogen and oxygen atoms in total. The third-order valence-electron chi connectivity index (χ3n) is 5.16. The Hall–Kier alpha value is -0.830. The highest BCUT2D eigenvalue weighted by molar-refractivity contribution is 5.76. The third-order valence-corrected chi connectivity index (χ3v) is 5.16. The van der Waals surface area contributed by atoms with Crippen LogP contribution < -0.4 is 5.32 Å². The van der Waals surface area contributed by atoms with Gasteiger partial charge in [-0.2, -0.15) is 0 Å². The van der Waals surface area contributed by atoms with Crippen molar-refractivity contribution in [2.75, 3.05) is 6.61 Å². The number of carbonyl (C=O) groups is 1. The standard InChI is InChI=1S/C24H47NO2/c1-3-5-7-8-9-10-11-12-13-14-15-16-17-18-19-21-24(27)25-23(22-26)20-6-4-2/h12-13,23,26H,3-11,14-22H2,1-2H3,(H,25,27)/b13-12-/t23-/m1/s1. The van der Waals surface area contributed by atoms with Crippen molar-refractivity contribution < 1.29 is 9.90 Å². The van der Waals surface area contributed by atoms with Crippen LogP contribution in [0, 0.1) is 0 Å². The Balaban J connectivity index is 3.36. The predicted octanol–water partition coefficient (Wildman–Crippen LogP) is 6.69. The minimum atomic E-state index is -0.0550. The summed E-state index contributed by atoms with van der Waals surface area (Å²) in [6.07, 6.45) is 24.9. The molecule has 0 unspecified atom stereocenters. The zero-order valence-electron chi connectivity index (χ0n) is 18.3. The number of aliphatic hydroxyl groups excluding tert-OH is 1. The van der Waals surface area contributed by atoms with E-state index in [1.807, 2.05) is 0 Å². The minimum Gasteiger partial charge on any atom is -0.394 e. The Morgan fingerprint density at radius 2 is 1.30 bits per heavy atom. The zero-order chi connectivity index (χ0) is 20.0. The van der Waals surface area contributed by atoms with E-state index in [1.54, 1.807) is 0 Å². The van der Waals surface area contributed by atoms with Gasteiger partial charge in [0.25, 0.3) is 0 Å². The van der Waals surface area contributed by atoms with Gasteiger partial charge in [0.1, 0.15) is 0 Å². The number of unbranched alkanes of at least 4 members (excludes halogenated alkanes) is 12. The van der Waals surface area contributed by atoms with E-state index in [1.165, 1.54) is 70.6 Å². The van der Waals surface area contributed by atoms with Gasteiger partial charge in [0, 0.05) is 6.42 Å². The highest BCUT2D eigenvalue weighted by Gasteiger charge is 2.10. The quantitative estimate of drug-likeness (QED) is 0.182. The maximum Gasteiger partial charge on any atom is 0.220 e. The van der Waals surface area contributed by atoms with E-state index in [-0.39, 0.29) is 18.6 Å². The van der Waals surface area contributed by atoms with Crippen LogP contribution >= 0.6 is 0 Å². The van der Waals surface area contributed by atoms with Gasteiger partial charge >= 0.3 is 0 Å². The van der Waals surface area contributed by atoms with Crippen molar-refractivity contribution >= 4 is 5.91 Å². The normalized spacial score (nSPS) is 12.6. The first kappa shape index (κ1) is 26.2. The summed E-state index contributed by atoms with van der Waals surface area (Å²) in [5, 5.41) is 12.2. The summed E-state index contributed by atoms with van der Waals surface area (Å²) in [5.74, 6) is 0.0998. The maximum atomic E-state index is 11.9. The van der Waals surface area contributed by atoms with Crippen LogP contribution in [0.4, 0.5) is 0 Å². The molecule has 27 heavy (non-hydrogen) atoms. The molecule has 0 saturated carbocycles. The van der Waals surface area contributed by atoms with E-state index in [0.717, 1.165) is 32.1 Å². The predicted molar refractivity (Wildman–Crippen MR) is 118 cm³/mol. The molecule has 3 heteroatoms. The molecule has 0 fully saturated rings. The molecule has 1 amide bonds. The largest absolute Gasteiger partial charge is 0.394 e. The number of amides is 1. The van der Waals surface area contributed by atoms with Gasteiger partial charge in [-0.25, -0.2) is 0 Å². The molecule has 2 N–H and O–H groups in total. The van der Waals surface area contributed by atoms with E-state index in [9.17, 15) is 9.90 Å². The van der Waals surface area contributed by atoms with Gasteiger partial charge in [-0.1, -0.05) is 90.2 Å². The molecular weight excluding hydrogens is 334 g/mol. The van der Waals surface area contributed by atoms with E-state index in [2.05, 4.69) is 31.3 Å². The SMILES string of the molecule is CCCCCCCC/C=C\CCCCCCCC(=O)N[C@@H](CO)CCCC. The summed E-state index contributed by atoms with van der Waals surface area (Å²) in [6.45, 7) is 4.45. The molecule has 0 bridgehead atoms. The second-order valence-corrected chi connectivity index (χ2v) is 7.92. The Morgan fingerprint density at radius 1 is 0.778 bits per heavy atom. The Bertz CT molecular complexity index is 341. The molecule has 1 atom stereocenters. The zero-order valence-corrected chi connectivity index (χ0v) is 18.3. The number of rotatable bonds is 20. The number of nitrogens with one attached hydrogen (secondary N) is 1. The number of carbonyl (C=O) groups excluding carboxylic acids is 1. The number of allylic oxidation sites excluding steroid dienone is 2. The summed E-state index contributed by atoms with van der Waals surface area (Å²) in [6, 6.07) is -0.0550. The first-order valence-corrected chi connectivity index (χ1v) is 11.8. The van der Waals surface area contributed by atoms with Crippen molar-refractivity contribution in [2.24, 2.45) is 0 Å². The molecule has 0 aromatic heterocycles. The number of hydrogen-bond acceptors (Lipinski definition) is 2. The molecule has 160 valence electrons. The second kappa shape index (κ2) is 21.5. The molecule has 0 aromatic rings. The summed E-state index contributed by atoms with van der Waals surface area (Å²) >= 11 is 0. The van der Waals surface area contributed by atoms with Crippen LogP contribution in [0.5, 0.6) is 0 Å². The van der Waals surface area contributed by atoms with Gasteiger partial charge < -0.3 is 10.4 Å². The van der Waals surface area contributed by atoms with Crippen molar-refractivity contribution in [1.82, 2.24) is 5.32 Å². The van der Waals surface area contributed by atoms with Crippen molar-refractivity contribution in [2.45, 2.75) is 129 Å². The van der Waals surface area contributed by atoms with E-state index < -0.39 is 0 Å². The fourth-order valence-electron chi connectivity index (χ4n) is 3.32. The van der Waals surface area contributed by atoms with Crippen LogP contribution in [0.15, 0.2) is 12.2 Å². The van der Waals surface area contributed by atoms with Gasteiger partial charge in [-0.05, 0) is 38.5 Å². The molecule has 0 aliphatic heterocycles. The Morgan fingerprint density at radius 3 is 1.85 bits per heavy atom.